The van der Waals surface area contributed by atoms with E-state index in [0.29, 0.717) is 22.4 Å². The van der Waals surface area contributed by atoms with E-state index in [1.54, 1.807) is 23.9 Å². The Morgan fingerprint density at radius 2 is 1.82 bits per heavy atom. The molecule has 0 atom stereocenters. The summed E-state index contributed by atoms with van der Waals surface area (Å²) in [5.41, 5.74) is 3.24. The molecular weight excluding hydrogens is 314 g/mol. The quantitative estimate of drug-likeness (QED) is 0.773. The molecule has 0 aliphatic carbocycles. The molecule has 0 aromatic heterocycles. The van der Waals surface area contributed by atoms with Crippen LogP contribution in [-0.2, 0) is 10.5 Å². The topological polar surface area (TPSA) is 29.1 Å². The maximum Gasteiger partial charge on any atom is 0.234 e. The van der Waals surface area contributed by atoms with E-state index in [1.807, 2.05) is 12.1 Å². The van der Waals surface area contributed by atoms with E-state index in [-0.39, 0.29) is 5.91 Å². The normalized spacial score (nSPS) is 10.7. The molecule has 2 aromatic carbocycles. The van der Waals surface area contributed by atoms with Crippen molar-refractivity contribution in [2.45, 2.75) is 25.5 Å². The number of nitrogens with one attached hydrogen (secondary N) is 1. The van der Waals surface area contributed by atoms with Crippen molar-refractivity contribution in [2.24, 2.45) is 0 Å². The Morgan fingerprint density at radius 3 is 2.45 bits per heavy atom. The third-order valence-electron chi connectivity index (χ3n) is 3.30. The standard InChI is InChI=1S/C18H20ClNOS/c1-13(2)15-9-7-14(8-10-15)11-22-12-18(21)20-17-6-4-3-5-16(17)19/h3-10,13H,11-12H2,1-2H3,(H,20,21). The molecule has 0 unspecified atom stereocenters. The molecule has 0 fully saturated rings. The molecular formula is C18H20ClNOS. The van der Waals surface area contributed by atoms with Crippen molar-refractivity contribution in [3.63, 3.8) is 0 Å². The van der Waals surface area contributed by atoms with Crippen LogP contribution in [0.5, 0.6) is 0 Å². The van der Waals surface area contributed by atoms with Crippen LogP contribution in [0.15, 0.2) is 48.5 Å². The largest absolute Gasteiger partial charge is 0.324 e. The molecule has 0 radical (unpaired) electrons. The minimum atomic E-state index is -0.0306. The summed E-state index contributed by atoms with van der Waals surface area (Å²) in [7, 11) is 0. The van der Waals surface area contributed by atoms with Crippen LogP contribution in [0.2, 0.25) is 5.02 Å². The highest BCUT2D eigenvalue weighted by Crippen LogP contribution is 2.21. The number of hydrogen-bond donors (Lipinski definition) is 1. The maximum absolute atomic E-state index is 11.9. The molecule has 0 aliphatic rings. The number of benzene rings is 2. The Hall–Kier alpha value is -1.45. The number of amides is 1. The molecule has 0 spiro atoms. The highest BCUT2D eigenvalue weighted by molar-refractivity contribution is 7.99. The van der Waals surface area contributed by atoms with E-state index >= 15 is 0 Å². The molecule has 116 valence electrons. The van der Waals surface area contributed by atoms with Gasteiger partial charge in [-0.25, -0.2) is 0 Å². The van der Waals surface area contributed by atoms with Gasteiger partial charge >= 0.3 is 0 Å². The third-order valence-corrected chi connectivity index (χ3v) is 4.63. The molecule has 22 heavy (non-hydrogen) atoms. The first kappa shape index (κ1) is 16.9. The zero-order valence-corrected chi connectivity index (χ0v) is 14.4. The van der Waals surface area contributed by atoms with Gasteiger partial charge in [-0.15, -0.1) is 11.8 Å². The van der Waals surface area contributed by atoms with Crippen LogP contribution in [0, 0.1) is 0 Å². The minimum absolute atomic E-state index is 0.0306. The number of thioether (sulfide) groups is 1. The van der Waals surface area contributed by atoms with Gasteiger partial charge in [-0.3, -0.25) is 4.79 Å². The van der Waals surface area contributed by atoms with Crippen molar-refractivity contribution >= 4 is 35.0 Å². The van der Waals surface area contributed by atoms with Crippen molar-refractivity contribution in [2.75, 3.05) is 11.1 Å². The Balaban J connectivity index is 1.78. The van der Waals surface area contributed by atoms with Crippen molar-refractivity contribution in [1.29, 1.82) is 0 Å². The van der Waals surface area contributed by atoms with Crippen LogP contribution in [0.25, 0.3) is 0 Å². The van der Waals surface area contributed by atoms with Gasteiger partial charge in [0.2, 0.25) is 5.91 Å². The summed E-state index contributed by atoms with van der Waals surface area (Å²) in [6, 6.07) is 15.8. The van der Waals surface area contributed by atoms with Gasteiger partial charge in [0.05, 0.1) is 16.5 Å². The summed E-state index contributed by atoms with van der Waals surface area (Å²) in [6.07, 6.45) is 0. The summed E-state index contributed by atoms with van der Waals surface area (Å²) >= 11 is 7.62. The molecule has 1 N–H and O–H groups in total. The number of carbonyl (C=O) groups is 1. The molecule has 0 saturated heterocycles. The van der Waals surface area contributed by atoms with Gasteiger partial charge in [-0.2, -0.15) is 0 Å². The van der Waals surface area contributed by atoms with Crippen LogP contribution in [0.4, 0.5) is 5.69 Å². The highest BCUT2D eigenvalue weighted by Gasteiger charge is 2.06. The summed E-state index contributed by atoms with van der Waals surface area (Å²) in [5.74, 6) is 1.76. The summed E-state index contributed by atoms with van der Waals surface area (Å²) < 4.78 is 0. The minimum Gasteiger partial charge on any atom is -0.324 e. The van der Waals surface area contributed by atoms with Crippen LogP contribution in [0.1, 0.15) is 30.9 Å². The van der Waals surface area contributed by atoms with Gasteiger partial charge < -0.3 is 5.32 Å². The Bertz CT molecular complexity index is 625. The average Bonchev–Trinajstić information content (AvgIpc) is 2.50. The van der Waals surface area contributed by atoms with Crippen molar-refractivity contribution in [3.8, 4) is 0 Å². The van der Waals surface area contributed by atoms with Crippen LogP contribution < -0.4 is 5.32 Å². The third kappa shape index (κ3) is 5.08. The fourth-order valence-electron chi connectivity index (χ4n) is 2.01. The van der Waals surface area contributed by atoms with E-state index in [9.17, 15) is 4.79 Å². The fourth-order valence-corrected chi connectivity index (χ4v) is 2.98. The number of hydrogen-bond acceptors (Lipinski definition) is 2. The van der Waals surface area contributed by atoms with E-state index in [2.05, 4.69) is 43.4 Å². The number of para-hydroxylation sites is 1. The first-order valence-electron chi connectivity index (χ1n) is 7.27. The summed E-state index contributed by atoms with van der Waals surface area (Å²) in [6.45, 7) is 4.37. The van der Waals surface area contributed by atoms with Gasteiger partial charge in [0, 0.05) is 5.75 Å². The van der Waals surface area contributed by atoms with Crippen LogP contribution in [0.3, 0.4) is 0 Å². The predicted molar refractivity (Wildman–Crippen MR) is 96.8 cm³/mol. The second-order valence-corrected chi connectivity index (χ2v) is 6.81. The smallest absolute Gasteiger partial charge is 0.234 e. The molecule has 0 heterocycles. The first-order chi connectivity index (χ1) is 10.6. The lowest BCUT2D eigenvalue weighted by atomic mass is 10.0. The monoisotopic (exact) mass is 333 g/mol. The average molecular weight is 334 g/mol. The van der Waals surface area contributed by atoms with Crippen LogP contribution >= 0.6 is 23.4 Å². The van der Waals surface area contributed by atoms with E-state index < -0.39 is 0 Å². The second-order valence-electron chi connectivity index (χ2n) is 5.42. The molecule has 4 heteroatoms. The highest BCUT2D eigenvalue weighted by atomic mass is 35.5. The van der Waals surface area contributed by atoms with Gasteiger partial charge in [0.25, 0.3) is 0 Å². The lowest BCUT2D eigenvalue weighted by Gasteiger charge is -2.08. The SMILES string of the molecule is CC(C)c1ccc(CSCC(=O)Nc2ccccc2Cl)cc1. The molecule has 1 amide bonds. The number of anilines is 1. The van der Waals surface area contributed by atoms with E-state index in [4.69, 9.17) is 11.6 Å². The zero-order chi connectivity index (χ0) is 15.9. The molecule has 2 aromatic rings. The van der Waals surface area contributed by atoms with E-state index in [1.165, 1.54) is 11.1 Å². The molecule has 0 saturated carbocycles. The summed E-state index contributed by atoms with van der Waals surface area (Å²) in [5, 5.41) is 3.39. The Labute approximate surface area is 141 Å². The zero-order valence-electron chi connectivity index (χ0n) is 12.8. The molecule has 2 nitrogen and oxygen atoms in total. The molecule has 0 bridgehead atoms. The van der Waals surface area contributed by atoms with Crippen molar-refractivity contribution < 1.29 is 4.79 Å². The molecule has 0 aliphatic heterocycles. The lowest BCUT2D eigenvalue weighted by Crippen LogP contribution is -2.14. The number of halogens is 1. The Morgan fingerprint density at radius 1 is 1.14 bits per heavy atom. The van der Waals surface area contributed by atoms with Crippen molar-refractivity contribution in [3.05, 3.63) is 64.7 Å². The fraction of sp³-hybridized carbons (Fsp3) is 0.278. The number of carbonyl (C=O) groups excluding carboxylic acids is 1. The van der Waals surface area contributed by atoms with Gasteiger partial charge in [0.15, 0.2) is 0 Å². The first-order valence-corrected chi connectivity index (χ1v) is 8.80. The maximum atomic E-state index is 11.9. The lowest BCUT2D eigenvalue weighted by molar-refractivity contribution is -0.113. The van der Waals surface area contributed by atoms with Crippen molar-refractivity contribution in [1.82, 2.24) is 0 Å². The van der Waals surface area contributed by atoms with Crippen LogP contribution in [-0.4, -0.2) is 11.7 Å². The number of rotatable bonds is 6. The second kappa shape index (κ2) is 8.25. The van der Waals surface area contributed by atoms with Gasteiger partial charge in [-0.05, 0) is 29.2 Å². The van der Waals surface area contributed by atoms with Gasteiger partial charge in [0.1, 0.15) is 0 Å². The predicted octanol–water partition coefficient (Wildman–Crippen LogP) is 5.34. The van der Waals surface area contributed by atoms with Gasteiger partial charge in [-0.1, -0.05) is 61.8 Å². The Kier molecular flexibility index (Phi) is 6.34. The van der Waals surface area contributed by atoms with E-state index in [0.717, 1.165) is 5.75 Å². The summed E-state index contributed by atoms with van der Waals surface area (Å²) in [4.78, 5) is 11.9. The molecule has 2 rings (SSSR count).